The van der Waals surface area contributed by atoms with Crippen LogP contribution in [-0.4, -0.2) is 11.5 Å². The molecule has 1 aromatic heterocycles. The molecule has 1 heterocycles. The maximum Gasteiger partial charge on any atom is 0.0705 e. The van der Waals surface area contributed by atoms with E-state index in [2.05, 4.69) is 17.1 Å². The van der Waals surface area contributed by atoms with Gasteiger partial charge in [-0.15, -0.1) is 0 Å². The van der Waals surface area contributed by atoms with Gasteiger partial charge in [-0.1, -0.05) is 12.1 Å². The van der Waals surface area contributed by atoms with Crippen molar-refractivity contribution in [2.75, 3.05) is 6.54 Å². The summed E-state index contributed by atoms with van der Waals surface area (Å²) in [5.74, 6) is 0. The zero-order chi connectivity index (χ0) is 10.8. The molecule has 0 aliphatic carbocycles. The summed E-state index contributed by atoms with van der Waals surface area (Å²) in [6, 6.07) is 10.0. The molecule has 2 aromatic rings. The van der Waals surface area contributed by atoms with Crippen molar-refractivity contribution in [3.63, 3.8) is 0 Å². The highest BCUT2D eigenvalue weighted by molar-refractivity contribution is 5.79. The second kappa shape index (κ2) is 3.96. The Kier molecular flexibility index (Phi) is 2.66. The molecule has 0 aliphatic heterocycles. The molecule has 15 heavy (non-hydrogen) atoms. The van der Waals surface area contributed by atoms with Crippen LogP contribution in [0.15, 0.2) is 30.3 Å². The van der Waals surface area contributed by atoms with E-state index in [1.165, 1.54) is 0 Å². The van der Waals surface area contributed by atoms with E-state index in [0.29, 0.717) is 6.54 Å². The molecule has 0 bridgehead atoms. The molecule has 0 spiro atoms. The average Bonchev–Trinajstić information content (AvgIpc) is 2.27. The number of benzene rings is 1. The van der Waals surface area contributed by atoms with Gasteiger partial charge in [0, 0.05) is 23.7 Å². The molecule has 78 valence electrons. The Bertz CT molecular complexity index is 479. The van der Waals surface area contributed by atoms with E-state index in [1.807, 2.05) is 25.1 Å². The van der Waals surface area contributed by atoms with E-state index in [-0.39, 0.29) is 6.04 Å². The van der Waals surface area contributed by atoms with E-state index in [0.717, 1.165) is 22.2 Å². The Morgan fingerprint density at radius 3 is 2.80 bits per heavy atom. The van der Waals surface area contributed by atoms with Crippen molar-refractivity contribution in [2.24, 2.45) is 11.5 Å². The molecule has 2 rings (SSSR count). The highest BCUT2D eigenvalue weighted by Crippen LogP contribution is 2.17. The molecule has 0 aliphatic rings. The summed E-state index contributed by atoms with van der Waals surface area (Å²) in [7, 11) is 0. The summed E-state index contributed by atoms with van der Waals surface area (Å²) in [6.45, 7) is 2.45. The van der Waals surface area contributed by atoms with E-state index in [9.17, 15) is 0 Å². The lowest BCUT2D eigenvalue weighted by atomic mass is 10.0. The van der Waals surface area contributed by atoms with Gasteiger partial charge in [0.05, 0.1) is 5.52 Å². The van der Waals surface area contributed by atoms with Gasteiger partial charge in [0.2, 0.25) is 0 Å². The van der Waals surface area contributed by atoms with Gasteiger partial charge < -0.3 is 11.5 Å². The average molecular weight is 201 g/mol. The first-order valence-corrected chi connectivity index (χ1v) is 5.03. The maximum atomic E-state index is 5.87. The van der Waals surface area contributed by atoms with Crippen LogP contribution < -0.4 is 11.5 Å². The van der Waals surface area contributed by atoms with E-state index < -0.39 is 0 Å². The van der Waals surface area contributed by atoms with Gasteiger partial charge >= 0.3 is 0 Å². The van der Waals surface area contributed by atoms with Gasteiger partial charge in [0.15, 0.2) is 0 Å². The minimum Gasteiger partial charge on any atom is -0.329 e. The van der Waals surface area contributed by atoms with Gasteiger partial charge in [0.25, 0.3) is 0 Å². The first kappa shape index (κ1) is 10.1. The fourth-order valence-corrected chi connectivity index (χ4v) is 1.61. The van der Waals surface area contributed by atoms with Crippen molar-refractivity contribution in [2.45, 2.75) is 13.0 Å². The lowest BCUT2D eigenvalue weighted by Gasteiger charge is -2.09. The summed E-state index contributed by atoms with van der Waals surface area (Å²) in [4.78, 5) is 4.43. The first-order valence-electron chi connectivity index (χ1n) is 5.03. The number of aryl methyl sites for hydroxylation is 1. The first-order chi connectivity index (χ1) is 7.20. The number of fused-ring (bicyclic) bond motifs is 1. The van der Waals surface area contributed by atoms with Gasteiger partial charge in [0.1, 0.15) is 0 Å². The van der Waals surface area contributed by atoms with Gasteiger partial charge in [-0.2, -0.15) is 0 Å². The Morgan fingerprint density at radius 1 is 1.27 bits per heavy atom. The summed E-state index contributed by atoms with van der Waals surface area (Å²) >= 11 is 0. The topological polar surface area (TPSA) is 64.9 Å². The number of pyridine rings is 1. The van der Waals surface area contributed by atoms with E-state index >= 15 is 0 Å². The third-order valence-electron chi connectivity index (χ3n) is 2.53. The van der Waals surface area contributed by atoms with Crippen LogP contribution in [0.2, 0.25) is 0 Å². The second-order valence-corrected chi connectivity index (χ2v) is 3.75. The molecule has 1 atom stereocenters. The molecular weight excluding hydrogens is 186 g/mol. The van der Waals surface area contributed by atoms with Crippen molar-refractivity contribution in [1.29, 1.82) is 0 Å². The fourth-order valence-electron chi connectivity index (χ4n) is 1.61. The molecule has 0 radical (unpaired) electrons. The maximum absolute atomic E-state index is 5.87. The lowest BCUT2D eigenvalue weighted by molar-refractivity contribution is 0.738. The molecule has 3 nitrogen and oxygen atoms in total. The largest absolute Gasteiger partial charge is 0.329 e. The van der Waals surface area contributed by atoms with Gasteiger partial charge in [-0.3, -0.25) is 4.98 Å². The minimum absolute atomic E-state index is 0.0873. The number of hydrogen-bond donors (Lipinski definition) is 2. The molecule has 3 heteroatoms. The Labute approximate surface area is 89.1 Å². The highest BCUT2D eigenvalue weighted by Gasteiger charge is 2.04. The number of hydrogen-bond acceptors (Lipinski definition) is 3. The van der Waals surface area contributed by atoms with Crippen LogP contribution in [0.3, 0.4) is 0 Å². The molecular formula is C12H15N3. The SMILES string of the molecule is Cc1ccc2cc(C(N)CN)ccc2n1. The standard InChI is InChI=1S/C12H15N3/c1-8-2-3-10-6-9(11(14)7-13)4-5-12(10)15-8/h2-6,11H,7,13-14H2,1H3. The molecule has 1 unspecified atom stereocenters. The Morgan fingerprint density at radius 2 is 2.07 bits per heavy atom. The van der Waals surface area contributed by atoms with Gasteiger partial charge in [-0.25, -0.2) is 0 Å². The fraction of sp³-hybridized carbons (Fsp3) is 0.250. The number of nitrogens with two attached hydrogens (primary N) is 2. The smallest absolute Gasteiger partial charge is 0.0705 e. The number of rotatable bonds is 2. The van der Waals surface area contributed by atoms with Crippen LogP contribution >= 0.6 is 0 Å². The monoisotopic (exact) mass is 201 g/mol. The second-order valence-electron chi connectivity index (χ2n) is 3.75. The zero-order valence-electron chi connectivity index (χ0n) is 8.77. The van der Waals surface area contributed by atoms with Crippen molar-refractivity contribution in [1.82, 2.24) is 4.98 Å². The molecule has 0 amide bonds. The third kappa shape index (κ3) is 1.98. The molecule has 0 saturated heterocycles. The summed E-state index contributed by atoms with van der Waals surface area (Å²) in [5, 5.41) is 1.11. The Hall–Kier alpha value is -1.45. The summed E-state index contributed by atoms with van der Waals surface area (Å²) in [6.07, 6.45) is 0. The van der Waals surface area contributed by atoms with Gasteiger partial charge in [-0.05, 0) is 30.7 Å². The minimum atomic E-state index is -0.0873. The van der Waals surface area contributed by atoms with Crippen LogP contribution in [0.4, 0.5) is 0 Å². The van der Waals surface area contributed by atoms with Crippen molar-refractivity contribution < 1.29 is 0 Å². The van der Waals surface area contributed by atoms with Crippen LogP contribution in [-0.2, 0) is 0 Å². The van der Waals surface area contributed by atoms with E-state index in [1.54, 1.807) is 0 Å². The van der Waals surface area contributed by atoms with Crippen molar-refractivity contribution in [3.05, 3.63) is 41.6 Å². The lowest BCUT2D eigenvalue weighted by Crippen LogP contribution is -2.20. The van der Waals surface area contributed by atoms with E-state index in [4.69, 9.17) is 11.5 Å². The molecule has 1 aromatic carbocycles. The predicted molar refractivity (Wildman–Crippen MR) is 62.5 cm³/mol. The van der Waals surface area contributed by atoms with Crippen LogP contribution in [0.5, 0.6) is 0 Å². The van der Waals surface area contributed by atoms with Crippen LogP contribution in [0.1, 0.15) is 17.3 Å². The van der Waals surface area contributed by atoms with Crippen LogP contribution in [0, 0.1) is 6.92 Å². The molecule has 4 N–H and O–H groups in total. The highest BCUT2D eigenvalue weighted by atomic mass is 14.7. The quantitative estimate of drug-likeness (QED) is 0.774. The van der Waals surface area contributed by atoms with Crippen molar-refractivity contribution >= 4 is 10.9 Å². The predicted octanol–water partition coefficient (Wildman–Crippen LogP) is 1.50. The number of nitrogens with zero attached hydrogens (tertiary/aromatic N) is 1. The number of aromatic nitrogens is 1. The third-order valence-corrected chi connectivity index (χ3v) is 2.53. The summed E-state index contributed by atoms with van der Waals surface area (Å²) < 4.78 is 0. The van der Waals surface area contributed by atoms with Crippen molar-refractivity contribution in [3.8, 4) is 0 Å². The summed E-state index contributed by atoms with van der Waals surface area (Å²) in [5.41, 5.74) is 14.5. The molecule has 0 saturated carbocycles. The van der Waals surface area contributed by atoms with Crippen LogP contribution in [0.25, 0.3) is 10.9 Å². The zero-order valence-corrected chi connectivity index (χ0v) is 8.77. The Balaban J connectivity index is 2.52. The normalized spacial score (nSPS) is 13.0. The molecule has 0 fully saturated rings.